The van der Waals surface area contributed by atoms with E-state index in [9.17, 15) is 4.79 Å². The Morgan fingerprint density at radius 3 is 2.68 bits per heavy atom. The molecule has 1 aliphatic carbocycles. The SMILES string of the molecule is CCOc1cc(C=C2SC(=S)N(CCC3CCCCC3)C2=O)c(C)cc1OC. The molecule has 3 rings (SSSR count). The number of ether oxygens (including phenoxy) is 2. The van der Waals surface area contributed by atoms with Gasteiger partial charge in [-0.05, 0) is 55.5 Å². The topological polar surface area (TPSA) is 38.8 Å². The van der Waals surface area contributed by atoms with Crippen molar-refractivity contribution in [1.29, 1.82) is 0 Å². The van der Waals surface area contributed by atoms with E-state index in [1.807, 2.05) is 32.1 Å². The number of amides is 1. The molecule has 0 unspecified atom stereocenters. The van der Waals surface area contributed by atoms with Crippen LogP contribution in [0.2, 0.25) is 0 Å². The lowest BCUT2D eigenvalue weighted by molar-refractivity contribution is -0.122. The highest BCUT2D eigenvalue weighted by molar-refractivity contribution is 8.26. The Morgan fingerprint density at radius 1 is 1.25 bits per heavy atom. The number of nitrogens with zero attached hydrogens (tertiary/aromatic N) is 1. The molecule has 0 N–H and O–H groups in total. The third kappa shape index (κ3) is 4.90. The molecular weight excluding hydrogens is 390 g/mol. The zero-order chi connectivity index (χ0) is 20.1. The summed E-state index contributed by atoms with van der Waals surface area (Å²) in [6.45, 7) is 5.24. The van der Waals surface area contributed by atoms with Crippen molar-refractivity contribution in [2.75, 3.05) is 20.3 Å². The molecule has 0 atom stereocenters. The summed E-state index contributed by atoms with van der Waals surface area (Å²) in [5.74, 6) is 2.16. The summed E-state index contributed by atoms with van der Waals surface area (Å²) in [6, 6.07) is 3.88. The largest absolute Gasteiger partial charge is 0.493 e. The summed E-state index contributed by atoms with van der Waals surface area (Å²) >= 11 is 6.90. The van der Waals surface area contributed by atoms with Crippen LogP contribution in [0.15, 0.2) is 17.0 Å². The van der Waals surface area contributed by atoms with Gasteiger partial charge in [0, 0.05) is 6.54 Å². The van der Waals surface area contributed by atoms with Crippen molar-refractivity contribution in [1.82, 2.24) is 4.90 Å². The fraction of sp³-hybridized carbons (Fsp3) is 0.545. The van der Waals surface area contributed by atoms with Gasteiger partial charge in [0.2, 0.25) is 0 Å². The molecule has 1 aromatic rings. The predicted octanol–water partition coefficient (Wildman–Crippen LogP) is 5.57. The van der Waals surface area contributed by atoms with Crippen molar-refractivity contribution in [3.63, 3.8) is 0 Å². The van der Waals surface area contributed by atoms with Crippen molar-refractivity contribution in [2.45, 2.75) is 52.4 Å². The molecule has 1 amide bonds. The van der Waals surface area contributed by atoms with Gasteiger partial charge < -0.3 is 9.47 Å². The lowest BCUT2D eigenvalue weighted by atomic mass is 9.87. The van der Waals surface area contributed by atoms with Crippen LogP contribution in [0.3, 0.4) is 0 Å². The van der Waals surface area contributed by atoms with Crippen LogP contribution < -0.4 is 9.47 Å². The van der Waals surface area contributed by atoms with Crippen LogP contribution in [0, 0.1) is 12.8 Å². The van der Waals surface area contributed by atoms with E-state index in [1.165, 1.54) is 43.9 Å². The Labute approximate surface area is 177 Å². The van der Waals surface area contributed by atoms with Crippen LogP contribution in [-0.4, -0.2) is 35.4 Å². The van der Waals surface area contributed by atoms with Crippen LogP contribution in [-0.2, 0) is 4.79 Å². The van der Waals surface area contributed by atoms with Crippen LogP contribution in [0.4, 0.5) is 0 Å². The van der Waals surface area contributed by atoms with Gasteiger partial charge in [-0.3, -0.25) is 9.69 Å². The fourth-order valence-electron chi connectivity index (χ4n) is 3.88. The van der Waals surface area contributed by atoms with Crippen LogP contribution >= 0.6 is 24.0 Å². The minimum absolute atomic E-state index is 0.0268. The smallest absolute Gasteiger partial charge is 0.266 e. The zero-order valence-corrected chi connectivity index (χ0v) is 18.6. The van der Waals surface area contributed by atoms with Gasteiger partial charge in [0.25, 0.3) is 5.91 Å². The monoisotopic (exact) mass is 419 g/mol. The number of benzene rings is 1. The van der Waals surface area contributed by atoms with E-state index in [0.717, 1.165) is 30.0 Å². The molecule has 1 saturated heterocycles. The molecule has 1 aromatic carbocycles. The van der Waals surface area contributed by atoms with E-state index >= 15 is 0 Å². The highest BCUT2D eigenvalue weighted by Crippen LogP contribution is 2.37. The van der Waals surface area contributed by atoms with E-state index in [4.69, 9.17) is 21.7 Å². The second kappa shape index (κ2) is 9.79. The Balaban J connectivity index is 1.74. The Bertz CT molecular complexity index is 769. The number of rotatable bonds is 7. The fourth-order valence-corrected chi connectivity index (χ4v) is 5.18. The number of thiocarbonyl (C=S) groups is 1. The molecule has 6 heteroatoms. The standard InChI is InChI=1S/C22H29NO3S2/c1-4-26-19-13-17(15(2)12-18(19)25-3)14-20-21(24)23(22(27)28-20)11-10-16-8-6-5-7-9-16/h12-14,16H,4-11H2,1-3H3. The minimum atomic E-state index is 0.0268. The average Bonchev–Trinajstić information content (AvgIpc) is 2.96. The van der Waals surface area contributed by atoms with Crippen LogP contribution in [0.1, 0.15) is 56.6 Å². The summed E-state index contributed by atoms with van der Waals surface area (Å²) in [4.78, 5) is 15.4. The van der Waals surface area contributed by atoms with E-state index in [2.05, 4.69) is 0 Å². The Morgan fingerprint density at radius 2 is 2.00 bits per heavy atom. The minimum Gasteiger partial charge on any atom is -0.493 e. The van der Waals surface area contributed by atoms with E-state index < -0.39 is 0 Å². The van der Waals surface area contributed by atoms with Crippen molar-refractivity contribution >= 4 is 40.3 Å². The normalized spacial score (nSPS) is 19.5. The molecule has 1 aliphatic heterocycles. The number of hydrogen-bond acceptors (Lipinski definition) is 5. The van der Waals surface area contributed by atoms with Gasteiger partial charge in [0.15, 0.2) is 11.5 Å². The first-order chi connectivity index (χ1) is 13.5. The molecule has 0 aromatic heterocycles. The van der Waals surface area contributed by atoms with Gasteiger partial charge in [-0.2, -0.15) is 0 Å². The van der Waals surface area contributed by atoms with Gasteiger partial charge in [0.05, 0.1) is 18.6 Å². The molecule has 2 fully saturated rings. The van der Waals surface area contributed by atoms with Crippen molar-refractivity contribution < 1.29 is 14.3 Å². The van der Waals surface area contributed by atoms with Crippen LogP contribution in [0.25, 0.3) is 6.08 Å². The van der Waals surface area contributed by atoms with E-state index in [1.54, 1.807) is 12.0 Å². The molecule has 4 nitrogen and oxygen atoms in total. The third-order valence-electron chi connectivity index (χ3n) is 5.50. The number of methoxy groups -OCH3 is 1. The van der Waals surface area contributed by atoms with Gasteiger partial charge in [-0.1, -0.05) is 56.1 Å². The molecular formula is C22H29NO3S2. The Kier molecular flexibility index (Phi) is 7.41. The van der Waals surface area contributed by atoms with Crippen molar-refractivity contribution in [3.05, 3.63) is 28.2 Å². The summed E-state index contributed by atoms with van der Waals surface area (Å²) in [7, 11) is 1.63. The molecule has 0 radical (unpaired) electrons. The van der Waals surface area contributed by atoms with Gasteiger partial charge >= 0.3 is 0 Å². The number of carbonyl (C=O) groups is 1. The molecule has 0 bridgehead atoms. The first kappa shape index (κ1) is 21.2. The maximum Gasteiger partial charge on any atom is 0.266 e. The predicted molar refractivity (Wildman–Crippen MR) is 120 cm³/mol. The van der Waals surface area contributed by atoms with Gasteiger partial charge in [0.1, 0.15) is 4.32 Å². The zero-order valence-electron chi connectivity index (χ0n) is 17.0. The number of aryl methyl sites for hydroxylation is 1. The lowest BCUT2D eigenvalue weighted by Crippen LogP contribution is -2.30. The number of thioether (sulfide) groups is 1. The molecule has 152 valence electrons. The second-order valence-electron chi connectivity index (χ2n) is 7.42. The molecule has 0 spiro atoms. The Hall–Kier alpha value is -1.53. The number of hydrogen-bond donors (Lipinski definition) is 0. The summed E-state index contributed by atoms with van der Waals surface area (Å²) < 4.78 is 11.8. The molecule has 2 aliphatic rings. The van der Waals surface area contributed by atoms with E-state index in [0.29, 0.717) is 27.3 Å². The highest BCUT2D eigenvalue weighted by atomic mass is 32.2. The third-order valence-corrected chi connectivity index (χ3v) is 6.88. The second-order valence-corrected chi connectivity index (χ2v) is 9.09. The summed E-state index contributed by atoms with van der Waals surface area (Å²) in [5.41, 5.74) is 1.99. The first-order valence-corrected chi connectivity index (χ1v) is 11.3. The molecule has 1 saturated carbocycles. The van der Waals surface area contributed by atoms with Crippen molar-refractivity contribution in [3.8, 4) is 11.5 Å². The highest BCUT2D eigenvalue weighted by Gasteiger charge is 2.32. The number of carbonyl (C=O) groups excluding carboxylic acids is 1. The van der Waals surface area contributed by atoms with Crippen LogP contribution in [0.5, 0.6) is 11.5 Å². The first-order valence-electron chi connectivity index (χ1n) is 10.1. The maximum absolute atomic E-state index is 12.9. The average molecular weight is 420 g/mol. The van der Waals surface area contributed by atoms with Crippen molar-refractivity contribution in [2.24, 2.45) is 5.92 Å². The van der Waals surface area contributed by atoms with E-state index in [-0.39, 0.29) is 5.91 Å². The summed E-state index contributed by atoms with van der Waals surface area (Å²) in [5, 5.41) is 0. The maximum atomic E-state index is 12.9. The lowest BCUT2D eigenvalue weighted by Gasteiger charge is -2.23. The molecule has 28 heavy (non-hydrogen) atoms. The molecule has 1 heterocycles. The summed E-state index contributed by atoms with van der Waals surface area (Å²) in [6.07, 6.45) is 9.55. The van der Waals surface area contributed by atoms with Gasteiger partial charge in [-0.15, -0.1) is 0 Å². The quantitative estimate of drug-likeness (QED) is 0.426. The van der Waals surface area contributed by atoms with Gasteiger partial charge in [-0.25, -0.2) is 0 Å².